The summed E-state index contributed by atoms with van der Waals surface area (Å²) in [6.45, 7) is 0. The number of benzene rings is 4. The standard InChI is InChI=1S/C27H21ClN4/c28-17-8-7-9-18(16-17)29-25-20-11-2-5-14-23(20)32-26-21-12-3-6-15-24(21)31(25)27(32)19-10-1-4-13-22(19)30-26/h1-16,25-27,29-30H/t25-,26-,27-/m0/s1. The van der Waals surface area contributed by atoms with Crippen LogP contribution in [0.3, 0.4) is 0 Å². The van der Waals surface area contributed by atoms with Crippen LogP contribution in [-0.2, 0) is 0 Å². The number of hydrogen-bond donors (Lipinski definition) is 2. The number of anilines is 4. The molecule has 0 saturated heterocycles. The Morgan fingerprint density at radius 3 is 2.19 bits per heavy atom. The second kappa shape index (κ2) is 6.68. The lowest BCUT2D eigenvalue weighted by Gasteiger charge is -2.60. The summed E-state index contributed by atoms with van der Waals surface area (Å²) >= 11 is 6.33. The molecule has 2 N–H and O–H groups in total. The Morgan fingerprint density at radius 1 is 0.688 bits per heavy atom. The van der Waals surface area contributed by atoms with Gasteiger partial charge in [0.15, 0.2) is 0 Å². The molecular weight excluding hydrogens is 416 g/mol. The smallest absolute Gasteiger partial charge is 0.134 e. The van der Waals surface area contributed by atoms with Gasteiger partial charge in [0.25, 0.3) is 0 Å². The highest BCUT2D eigenvalue weighted by atomic mass is 35.5. The fourth-order valence-corrected chi connectivity index (χ4v) is 5.69. The molecule has 7 rings (SSSR count). The molecule has 0 saturated carbocycles. The van der Waals surface area contributed by atoms with Crippen molar-refractivity contribution in [1.82, 2.24) is 0 Å². The molecule has 0 fully saturated rings. The third-order valence-corrected chi connectivity index (χ3v) is 7.00. The topological polar surface area (TPSA) is 30.5 Å². The third kappa shape index (κ3) is 2.44. The van der Waals surface area contributed by atoms with Gasteiger partial charge in [0, 0.05) is 44.5 Å². The van der Waals surface area contributed by atoms with Gasteiger partial charge >= 0.3 is 0 Å². The summed E-state index contributed by atoms with van der Waals surface area (Å²) in [5, 5.41) is 8.35. The summed E-state index contributed by atoms with van der Waals surface area (Å²) in [4.78, 5) is 5.05. The highest BCUT2D eigenvalue weighted by molar-refractivity contribution is 6.30. The molecule has 3 aliphatic rings. The van der Waals surface area contributed by atoms with Crippen molar-refractivity contribution >= 4 is 34.4 Å². The van der Waals surface area contributed by atoms with E-state index < -0.39 is 0 Å². The highest BCUT2D eigenvalue weighted by Gasteiger charge is 2.50. The average molecular weight is 437 g/mol. The zero-order valence-electron chi connectivity index (χ0n) is 17.2. The quantitative estimate of drug-likeness (QED) is 0.357. The van der Waals surface area contributed by atoms with Gasteiger partial charge < -0.3 is 20.4 Å². The molecule has 0 aromatic heterocycles. The third-order valence-electron chi connectivity index (χ3n) is 6.76. The van der Waals surface area contributed by atoms with E-state index in [4.69, 9.17) is 11.6 Å². The van der Waals surface area contributed by atoms with Crippen molar-refractivity contribution in [2.24, 2.45) is 0 Å². The van der Waals surface area contributed by atoms with Gasteiger partial charge in [0.2, 0.25) is 0 Å². The normalized spacial score (nSPS) is 21.7. The van der Waals surface area contributed by atoms with Gasteiger partial charge in [-0.15, -0.1) is 0 Å². The van der Waals surface area contributed by atoms with Crippen LogP contribution >= 0.6 is 11.6 Å². The van der Waals surface area contributed by atoms with Crippen molar-refractivity contribution < 1.29 is 0 Å². The fraction of sp³-hybridized carbons (Fsp3) is 0.111. The number of halogens is 1. The van der Waals surface area contributed by atoms with E-state index in [0.717, 1.165) is 10.7 Å². The first-order valence-corrected chi connectivity index (χ1v) is 11.3. The van der Waals surface area contributed by atoms with Gasteiger partial charge in [-0.1, -0.05) is 72.3 Å². The molecule has 32 heavy (non-hydrogen) atoms. The van der Waals surface area contributed by atoms with Crippen LogP contribution in [0.25, 0.3) is 0 Å². The SMILES string of the molecule is Clc1cccc(N[C@@H]2c3ccccc3N3[C@H]4c5ccccc5N[C@@H]3c3ccccc3N42)c1. The van der Waals surface area contributed by atoms with Crippen molar-refractivity contribution in [1.29, 1.82) is 0 Å². The van der Waals surface area contributed by atoms with E-state index in [1.54, 1.807) is 0 Å². The Morgan fingerprint density at radius 2 is 1.38 bits per heavy atom. The summed E-state index contributed by atoms with van der Waals surface area (Å²) < 4.78 is 0. The lowest BCUT2D eigenvalue weighted by Crippen LogP contribution is -2.58. The molecule has 5 heteroatoms. The molecule has 4 aromatic rings. The van der Waals surface area contributed by atoms with Crippen molar-refractivity contribution in [2.45, 2.75) is 18.5 Å². The Bertz CT molecular complexity index is 1350. The van der Waals surface area contributed by atoms with Crippen LogP contribution < -0.4 is 20.4 Å². The fourth-order valence-electron chi connectivity index (χ4n) is 5.50. The summed E-state index contributed by atoms with van der Waals surface area (Å²) in [5.41, 5.74) is 8.51. The summed E-state index contributed by atoms with van der Waals surface area (Å²) in [5.74, 6) is 0. The first-order chi connectivity index (χ1) is 15.8. The van der Waals surface area contributed by atoms with E-state index >= 15 is 0 Å². The lowest BCUT2D eigenvalue weighted by molar-refractivity contribution is 0.432. The Kier molecular flexibility index (Phi) is 3.76. The maximum absolute atomic E-state index is 6.33. The second-order valence-electron chi connectivity index (χ2n) is 8.50. The van der Waals surface area contributed by atoms with Crippen LogP contribution in [0.1, 0.15) is 35.2 Å². The van der Waals surface area contributed by atoms with Gasteiger partial charge in [-0.2, -0.15) is 0 Å². The van der Waals surface area contributed by atoms with E-state index in [1.165, 1.54) is 33.8 Å². The summed E-state index contributed by atoms with van der Waals surface area (Å²) in [6.07, 6.45) is 0.119. The zero-order valence-corrected chi connectivity index (χ0v) is 18.0. The molecule has 3 atom stereocenters. The summed E-state index contributed by atoms with van der Waals surface area (Å²) in [7, 11) is 0. The lowest BCUT2D eigenvalue weighted by atomic mass is 9.88. The molecule has 0 aliphatic carbocycles. The van der Waals surface area contributed by atoms with Gasteiger partial charge in [0.1, 0.15) is 18.5 Å². The molecule has 156 valence electrons. The second-order valence-corrected chi connectivity index (χ2v) is 8.93. The predicted octanol–water partition coefficient (Wildman–Crippen LogP) is 6.91. The number of hydrogen-bond acceptors (Lipinski definition) is 4. The first kappa shape index (κ1) is 18.0. The van der Waals surface area contributed by atoms with Crippen molar-refractivity contribution in [3.63, 3.8) is 0 Å². The van der Waals surface area contributed by atoms with E-state index in [2.05, 4.69) is 99.3 Å². The Labute approximate surface area is 192 Å². The molecule has 3 heterocycles. The Hall–Kier alpha value is -3.63. The van der Waals surface area contributed by atoms with Gasteiger partial charge in [-0.25, -0.2) is 0 Å². The maximum atomic E-state index is 6.33. The van der Waals surface area contributed by atoms with Crippen LogP contribution in [-0.4, -0.2) is 0 Å². The van der Waals surface area contributed by atoms with Crippen molar-refractivity contribution in [3.8, 4) is 0 Å². The van der Waals surface area contributed by atoms with Crippen molar-refractivity contribution in [3.05, 3.63) is 119 Å². The van der Waals surface area contributed by atoms with E-state index in [0.29, 0.717) is 0 Å². The molecule has 0 amide bonds. The average Bonchev–Trinajstić information content (AvgIpc) is 2.83. The van der Waals surface area contributed by atoms with Gasteiger partial charge in [-0.3, -0.25) is 0 Å². The molecule has 4 nitrogen and oxygen atoms in total. The minimum Gasteiger partial charge on any atom is -0.361 e. The zero-order chi connectivity index (χ0) is 21.2. The van der Waals surface area contributed by atoms with Crippen LogP contribution in [0.5, 0.6) is 0 Å². The molecular formula is C27H21ClN4. The number of fused-ring (bicyclic) bond motifs is 5. The summed E-state index contributed by atoms with van der Waals surface area (Å²) in [6, 6.07) is 34.1. The number of para-hydroxylation sites is 3. The van der Waals surface area contributed by atoms with E-state index in [-0.39, 0.29) is 18.5 Å². The van der Waals surface area contributed by atoms with Gasteiger partial charge in [-0.05, 0) is 36.4 Å². The van der Waals surface area contributed by atoms with Crippen LogP contribution in [0.15, 0.2) is 97.1 Å². The maximum Gasteiger partial charge on any atom is 0.134 e. The van der Waals surface area contributed by atoms with Gasteiger partial charge in [0.05, 0.1) is 0 Å². The Balaban J connectivity index is 1.50. The number of nitrogens with zero attached hydrogens (tertiary/aromatic N) is 2. The largest absolute Gasteiger partial charge is 0.361 e. The highest BCUT2D eigenvalue weighted by Crippen LogP contribution is 2.58. The number of rotatable bonds is 2. The molecule has 4 bridgehead atoms. The minimum atomic E-state index is -0.0424. The molecule has 0 spiro atoms. The van der Waals surface area contributed by atoms with Crippen LogP contribution in [0, 0.1) is 0 Å². The molecule has 4 aromatic carbocycles. The predicted molar refractivity (Wildman–Crippen MR) is 131 cm³/mol. The van der Waals surface area contributed by atoms with Crippen molar-refractivity contribution in [2.75, 3.05) is 20.4 Å². The van der Waals surface area contributed by atoms with Crippen LogP contribution in [0.2, 0.25) is 5.02 Å². The molecule has 3 aliphatic heterocycles. The van der Waals surface area contributed by atoms with E-state index in [1.807, 2.05) is 18.2 Å². The monoisotopic (exact) mass is 436 g/mol. The first-order valence-electron chi connectivity index (χ1n) is 10.9. The van der Waals surface area contributed by atoms with E-state index in [9.17, 15) is 0 Å². The molecule has 0 unspecified atom stereocenters. The van der Waals surface area contributed by atoms with Crippen LogP contribution in [0.4, 0.5) is 22.7 Å². The number of nitrogens with one attached hydrogen (secondary N) is 2. The molecule has 0 radical (unpaired) electrons. The minimum absolute atomic E-state index is 0.0424.